The summed E-state index contributed by atoms with van der Waals surface area (Å²) in [6.45, 7) is 0.521. The molecule has 0 saturated carbocycles. The van der Waals surface area contributed by atoms with Gasteiger partial charge in [0, 0.05) is 6.20 Å². The van der Waals surface area contributed by atoms with E-state index in [9.17, 15) is 4.79 Å². The van der Waals surface area contributed by atoms with E-state index >= 15 is 0 Å². The quantitative estimate of drug-likeness (QED) is 0.632. The van der Waals surface area contributed by atoms with Crippen molar-refractivity contribution in [1.82, 2.24) is 9.78 Å². The molecule has 0 amide bonds. The van der Waals surface area contributed by atoms with Gasteiger partial charge in [0.1, 0.15) is 6.54 Å². The maximum atomic E-state index is 11.5. The van der Waals surface area contributed by atoms with E-state index in [-0.39, 0.29) is 12.5 Å². The van der Waals surface area contributed by atoms with E-state index in [2.05, 4.69) is 17.2 Å². The number of aryl methyl sites for hydroxylation is 1. The third-order valence-corrected chi connectivity index (χ3v) is 2.66. The second kappa shape index (κ2) is 6.58. The van der Waals surface area contributed by atoms with E-state index < -0.39 is 0 Å². The zero-order valence-electron chi connectivity index (χ0n) is 10.7. The van der Waals surface area contributed by atoms with E-state index in [0.29, 0.717) is 12.3 Å². The van der Waals surface area contributed by atoms with Crippen molar-refractivity contribution in [3.8, 4) is 0 Å². The van der Waals surface area contributed by atoms with Crippen LogP contribution in [0.1, 0.15) is 12.0 Å². The van der Waals surface area contributed by atoms with Crippen molar-refractivity contribution < 1.29 is 9.53 Å². The van der Waals surface area contributed by atoms with Crippen LogP contribution >= 0.6 is 0 Å². The van der Waals surface area contributed by atoms with Gasteiger partial charge in [0.2, 0.25) is 0 Å². The lowest BCUT2D eigenvalue weighted by molar-refractivity contribution is -0.144. The van der Waals surface area contributed by atoms with E-state index in [0.717, 1.165) is 12.8 Å². The SMILES string of the molecule is Nc1cnn(CC(=O)OCCCc2ccccc2)c1. The molecule has 1 aromatic heterocycles. The van der Waals surface area contributed by atoms with Gasteiger partial charge < -0.3 is 10.5 Å². The number of ether oxygens (including phenoxy) is 1. The van der Waals surface area contributed by atoms with Crippen LogP contribution in [0.4, 0.5) is 5.69 Å². The van der Waals surface area contributed by atoms with E-state index in [1.165, 1.54) is 16.4 Å². The third-order valence-electron chi connectivity index (χ3n) is 2.66. The molecular weight excluding hydrogens is 242 g/mol. The van der Waals surface area contributed by atoms with Gasteiger partial charge in [-0.25, -0.2) is 0 Å². The molecule has 2 rings (SSSR count). The molecule has 0 atom stereocenters. The van der Waals surface area contributed by atoms with Crippen molar-refractivity contribution in [3.05, 3.63) is 48.3 Å². The van der Waals surface area contributed by atoms with Crippen molar-refractivity contribution in [2.45, 2.75) is 19.4 Å². The minimum Gasteiger partial charge on any atom is -0.464 e. The number of rotatable bonds is 6. The summed E-state index contributed by atoms with van der Waals surface area (Å²) in [7, 11) is 0. The summed E-state index contributed by atoms with van der Waals surface area (Å²) in [5, 5.41) is 3.92. The fourth-order valence-electron chi connectivity index (χ4n) is 1.75. The second-order valence-electron chi connectivity index (χ2n) is 4.28. The van der Waals surface area contributed by atoms with Crippen LogP contribution in [-0.4, -0.2) is 22.4 Å². The van der Waals surface area contributed by atoms with Crippen molar-refractivity contribution in [3.63, 3.8) is 0 Å². The van der Waals surface area contributed by atoms with Crippen LogP contribution in [0.15, 0.2) is 42.7 Å². The van der Waals surface area contributed by atoms with Crippen LogP contribution < -0.4 is 5.73 Å². The van der Waals surface area contributed by atoms with Gasteiger partial charge in [0.15, 0.2) is 0 Å². The average Bonchev–Trinajstić information content (AvgIpc) is 2.81. The number of nitrogen functional groups attached to an aromatic ring is 1. The lowest BCUT2D eigenvalue weighted by Gasteiger charge is -2.05. The first-order valence-corrected chi connectivity index (χ1v) is 6.21. The average molecular weight is 259 g/mol. The molecule has 0 aliphatic carbocycles. The largest absolute Gasteiger partial charge is 0.464 e. The maximum Gasteiger partial charge on any atom is 0.327 e. The summed E-state index contributed by atoms with van der Waals surface area (Å²) in [6.07, 6.45) is 4.83. The Hall–Kier alpha value is -2.30. The van der Waals surface area contributed by atoms with Crippen LogP contribution in [0.25, 0.3) is 0 Å². The number of benzene rings is 1. The number of carbonyl (C=O) groups is 1. The number of nitrogens with zero attached hydrogens (tertiary/aromatic N) is 2. The molecule has 5 heteroatoms. The third kappa shape index (κ3) is 4.46. The molecule has 19 heavy (non-hydrogen) atoms. The summed E-state index contributed by atoms with van der Waals surface area (Å²) >= 11 is 0. The van der Waals surface area contributed by atoms with Gasteiger partial charge in [-0.15, -0.1) is 0 Å². The maximum absolute atomic E-state index is 11.5. The number of esters is 1. The molecule has 0 unspecified atom stereocenters. The molecule has 0 aliphatic rings. The highest BCUT2D eigenvalue weighted by Gasteiger charge is 2.05. The Balaban J connectivity index is 1.64. The van der Waals surface area contributed by atoms with Gasteiger partial charge in [0.25, 0.3) is 0 Å². The van der Waals surface area contributed by atoms with Gasteiger partial charge in [-0.1, -0.05) is 30.3 Å². The lowest BCUT2D eigenvalue weighted by Crippen LogP contribution is -2.14. The first kappa shape index (κ1) is 13.1. The Bertz CT molecular complexity index is 522. The number of nitrogens with two attached hydrogens (primary N) is 1. The Kier molecular flexibility index (Phi) is 4.55. The zero-order chi connectivity index (χ0) is 13.5. The molecule has 0 aliphatic heterocycles. The first-order valence-electron chi connectivity index (χ1n) is 6.21. The number of hydrogen-bond acceptors (Lipinski definition) is 4. The van der Waals surface area contributed by atoms with Gasteiger partial charge in [0.05, 0.1) is 18.5 Å². The first-order chi connectivity index (χ1) is 9.24. The van der Waals surface area contributed by atoms with Crippen LogP contribution in [0.5, 0.6) is 0 Å². The molecule has 1 aromatic carbocycles. The molecule has 5 nitrogen and oxygen atoms in total. The Labute approximate surface area is 112 Å². The molecule has 0 spiro atoms. The van der Waals surface area contributed by atoms with Crippen LogP contribution in [-0.2, 0) is 22.5 Å². The number of carbonyl (C=O) groups excluding carboxylic acids is 1. The summed E-state index contributed by atoms with van der Waals surface area (Å²) < 4.78 is 6.60. The van der Waals surface area contributed by atoms with Crippen LogP contribution in [0.2, 0.25) is 0 Å². The fourth-order valence-corrected chi connectivity index (χ4v) is 1.75. The van der Waals surface area contributed by atoms with Gasteiger partial charge in [-0.2, -0.15) is 5.10 Å². The predicted molar refractivity (Wildman–Crippen MR) is 72.4 cm³/mol. The number of anilines is 1. The summed E-state index contributed by atoms with van der Waals surface area (Å²) in [5.41, 5.74) is 7.29. The van der Waals surface area contributed by atoms with Gasteiger partial charge >= 0.3 is 5.97 Å². The smallest absolute Gasteiger partial charge is 0.327 e. The van der Waals surface area contributed by atoms with Gasteiger partial charge in [-0.3, -0.25) is 9.48 Å². The van der Waals surface area contributed by atoms with Crippen molar-refractivity contribution in [2.75, 3.05) is 12.3 Å². The molecule has 0 fully saturated rings. The highest BCUT2D eigenvalue weighted by molar-refractivity contribution is 5.69. The Morgan fingerprint density at radius 2 is 2.11 bits per heavy atom. The predicted octanol–water partition coefficient (Wildman–Crippen LogP) is 1.64. The normalized spacial score (nSPS) is 10.3. The minimum atomic E-state index is -0.295. The molecular formula is C14H17N3O2. The summed E-state index contributed by atoms with van der Waals surface area (Å²) in [4.78, 5) is 11.5. The highest BCUT2D eigenvalue weighted by atomic mass is 16.5. The van der Waals surface area contributed by atoms with Gasteiger partial charge in [-0.05, 0) is 18.4 Å². The summed E-state index contributed by atoms with van der Waals surface area (Å²) in [5.74, 6) is -0.295. The molecule has 0 bridgehead atoms. The standard InChI is InChI=1S/C14H17N3O2/c15-13-9-16-17(10-13)11-14(18)19-8-4-7-12-5-2-1-3-6-12/h1-3,5-6,9-10H,4,7-8,11,15H2. The molecule has 2 aromatic rings. The number of aromatic nitrogens is 2. The van der Waals surface area contributed by atoms with Crippen LogP contribution in [0.3, 0.4) is 0 Å². The van der Waals surface area contributed by atoms with E-state index in [4.69, 9.17) is 10.5 Å². The topological polar surface area (TPSA) is 70.1 Å². The highest BCUT2D eigenvalue weighted by Crippen LogP contribution is 2.03. The van der Waals surface area contributed by atoms with E-state index in [1.807, 2.05) is 18.2 Å². The zero-order valence-corrected chi connectivity index (χ0v) is 10.7. The summed E-state index contributed by atoms with van der Waals surface area (Å²) in [6, 6.07) is 10.1. The Morgan fingerprint density at radius 1 is 1.32 bits per heavy atom. The van der Waals surface area contributed by atoms with Crippen molar-refractivity contribution >= 4 is 11.7 Å². The Morgan fingerprint density at radius 3 is 2.79 bits per heavy atom. The molecule has 2 N–H and O–H groups in total. The molecule has 0 radical (unpaired) electrons. The monoisotopic (exact) mass is 259 g/mol. The van der Waals surface area contributed by atoms with Crippen LogP contribution in [0, 0.1) is 0 Å². The van der Waals surface area contributed by atoms with Crippen molar-refractivity contribution in [2.24, 2.45) is 0 Å². The molecule has 0 saturated heterocycles. The molecule has 100 valence electrons. The molecule has 1 heterocycles. The van der Waals surface area contributed by atoms with Crippen molar-refractivity contribution in [1.29, 1.82) is 0 Å². The fraction of sp³-hybridized carbons (Fsp3) is 0.286. The number of hydrogen-bond donors (Lipinski definition) is 1. The van der Waals surface area contributed by atoms with E-state index in [1.54, 1.807) is 6.20 Å². The second-order valence-corrected chi connectivity index (χ2v) is 4.28. The lowest BCUT2D eigenvalue weighted by atomic mass is 10.1. The minimum absolute atomic E-state index is 0.0997.